The van der Waals surface area contributed by atoms with E-state index in [1.807, 2.05) is 0 Å². The summed E-state index contributed by atoms with van der Waals surface area (Å²) >= 11 is 1.77. The van der Waals surface area contributed by atoms with E-state index in [4.69, 9.17) is 0 Å². The average molecular weight is 231 g/mol. The minimum Gasteiger partial charge on any atom is -0.341 e. The molecule has 0 aromatic rings. The Morgan fingerprint density at radius 1 is 1.47 bits per heavy atom. The molecule has 1 aliphatic rings. The minimum absolute atomic E-state index is 0.214. The molecule has 1 heterocycles. The third-order valence-electron chi connectivity index (χ3n) is 2.17. The normalized spacial score (nSPS) is 15.5. The van der Waals surface area contributed by atoms with E-state index >= 15 is 0 Å². The van der Waals surface area contributed by atoms with E-state index in [-0.39, 0.29) is 5.91 Å². The number of carbonyl (C=O) groups is 2. The standard InChI is InChI=1S/C9H17N3O2S/c1-10-9(14)12-8(13)2-3-15-6-7-4-11-5-7/h7,11H,2-6H2,1H3,(H2,10,12,13,14). The lowest BCUT2D eigenvalue weighted by Crippen LogP contribution is -2.43. The quantitative estimate of drug-likeness (QED) is 0.572. The smallest absolute Gasteiger partial charge is 0.321 e. The fraction of sp³-hybridized carbons (Fsp3) is 0.778. The van der Waals surface area contributed by atoms with E-state index < -0.39 is 6.03 Å². The molecule has 1 fully saturated rings. The first-order valence-corrected chi connectivity index (χ1v) is 6.18. The van der Waals surface area contributed by atoms with Gasteiger partial charge in [-0.3, -0.25) is 10.1 Å². The predicted molar refractivity (Wildman–Crippen MR) is 60.9 cm³/mol. The topological polar surface area (TPSA) is 70.2 Å². The highest BCUT2D eigenvalue weighted by Gasteiger charge is 2.16. The van der Waals surface area contributed by atoms with E-state index in [9.17, 15) is 9.59 Å². The Morgan fingerprint density at radius 3 is 2.73 bits per heavy atom. The number of thioether (sulfide) groups is 1. The second-order valence-electron chi connectivity index (χ2n) is 3.48. The maximum Gasteiger partial charge on any atom is 0.321 e. The first-order valence-electron chi connectivity index (χ1n) is 5.02. The molecule has 0 spiro atoms. The van der Waals surface area contributed by atoms with Gasteiger partial charge in [-0.1, -0.05) is 0 Å². The van der Waals surface area contributed by atoms with Gasteiger partial charge < -0.3 is 10.6 Å². The van der Waals surface area contributed by atoms with Crippen molar-refractivity contribution in [1.29, 1.82) is 0 Å². The summed E-state index contributed by atoms with van der Waals surface area (Å²) in [6, 6.07) is -0.437. The maximum atomic E-state index is 11.1. The summed E-state index contributed by atoms with van der Waals surface area (Å²) in [5.74, 6) is 2.42. The molecular weight excluding hydrogens is 214 g/mol. The third kappa shape index (κ3) is 5.03. The van der Waals surface area contributed by atoms with Crippen molar-refractivity contribution in [3.8, 4) is 0 Å². The molecular formula is C9H17N3O2S. The van der Waals surface area contributed by atoms with E-state index in [0.717, 1.165) is 30.5 Å². The van der Waals surface area contributed by atoms with Gasteiger partial charge in [-0.15, -0.1) is 0 Å². The molecule has 1 aliphatic heterocycles. The van der Waals surface area contributed by atoms with Crippen molar-refractivity contribution in [3.05, 3.63) is 0 Å². The lowest BCUT2D eigenvalue weighted by atomic mass is 10.1. The van der Waals surface area contributed by atoms with Gasteiger partial charge in [-0.05, 0) is 24.8 Å². The van der Waals surface area contributed by atoms with Gasteiger partial charge in [0.05, 0.1) is 0 Å². The van der Waals surface area contributed by atoms with Crippen LogP contribution in [0, 0.1) is 5.92 Å². The van der Waals surface area contributed by atoms with E-state index in [2.05, 4.69) is 16.0 Å². The number of hydrogen-bond acceptors (Lipinski definition) is 4. The molecule has 3 amide bonds. The molecule has 3 N–H and O–H groups in total. The van der Waals surface area contributed by atoms with Gasteiger partial charge in [0.2, 0.25) is 5.91 Å². The summed E-state index contributed by atoms with van der Waals surface area (Å²) in [5.41, 5.74) is 0. The number of hydrogen-bond donors (Lipinski definition) is 3. The van der Waals surface area contributed by atoms with E-state index in [1.54, 1.807) is 11.8 Å². The van der Waals surface area contributed by atoms with Crippen LogP contribution in [-0.2, 0) is 4.79 Å². The van der Waals surface area contributed by atoms with Crippen LogP contribution in [0.4, 0.5) is 4.79 Å². The predicted octanol–water partition coefficient (Wildman–Crippen LogP) is -0.215. The largest absolute Gasteiger partial charge is 0.341 e. The van der Waals surface area contributed by atoms with Crippen LogP contribution in [0.5, 0.6) is 0 Å². The van der Waals surface area contributed by atoms with Gasteiger partial charge in [0.15, 0.2) is 0 Å². The highest BCUT2D eigenvalue weighted by molar-refractivity contribution is 7.99. The average Bonchev–Trinajstić information content (AvgIpc) is 2.14. The van der Waals surface area contributed by atoms with Crippen LogP contribution in [0.2, 0.25) is 0 Å². The first-order chi connectivity index (χ1) is 7.22. The Morgan fingerprint density at radius 2 is 2.20 bits per heavy atom. The molecule has 0 radical (unpaired) electrons. The molecule has 5 nitrogen and oxygen atoms in total. The zero-order chi connectivity index (χ0) is 11.1. The van der Waals surface area contributed by atoms with Crippen LogP contribution in [0.1, 0.15) is 6.42 Å². The van der Waals surface area contributed by atoms with Crippen molar-refractivity contribution < 1.29 is 9.59 Å². The van der Waals surface area contributed by atoms with Crippen molar-refractivity contribution in [2.45, 2.75) is 6.42 Å². The Labute approximate surface area is 93.7 Å². The molecule has 0 saturated carbocycles. The maximum absolute atomic E-state index is 11.1. The van der Waals surface area contributed by atoms with Gasteiger partial charge in [-0.25, -0.2) is 4.79 Å². The summed E-state index contributed by atoms with van der Waals surface area (Å²) in [6.45, 7) is 2.19. The number of rotatable bonds is 5. The molecule has 0 bridgehead atoms. The molecule has 0 aliphatic carbocycles. The van der Waals surface area contributed by atoms with Gasteiger partial charge in [0.25, 0.3) is 0 Å². The Kier molecular flexibility index (Phi) is 5.49. The van der Waals surface area contributed by atoms with Gasteiger partial charge in [-0.2, -0.15) is 11.8 Å². The zero-order valence-electron chi connectivity index (χ0n) is 8.84. The highest BCUT2D eigenvalue weighted by atomic mass is 32.2. The molecule has 0 atom stereocenters. The Hall–Kier alpha value is -0.750. The second-order valence-corrected chi connectivity index (χ2v) is 4.63. The number of nitrogens with one attached hydrogen (secondary N) is 3. The number of urea groups is 1. The second kappa shape index (κ2) is 6.68. The summed E-state index contributed by atoms with van der Waals surface area (Å²) in [6.07, 6.45) is 0.401. The van der Waals surface area contributed by atoms with E-state index in [0.29, 0.717) is 6.42 Å². The van der Waals surface area contributed by atoms with Gasteiger partial charge >= 0.3 is 6.03 Å². The molecule has 0 aromatic carbocycles. The Bertz CT molecular complexity index is 231. The Balaban J connectivity index is 1.94. The van der Waals surface area contributed by atoms with Crippen LogP contribution in [0.25, 0.3) is 0 Å². The number of amides is 3. The molecule has 15 heavy (non-hydrogen) atoms. The summed E-state index contributed by atoms with van der Waals surface area (Å²) in [7, 11) is 1.49. The van der Waals surface area contributed by atoms with Crippen molar-refractivity contribution in [2.75, 3.05) is 31.6 Å². The summed E-state index contributed by atoms with van der Waals surface area (Å²) in [4.78, 5) is 21.9. The van der Waals surface area contributed by atoms with Crippen LogP contribution < -0.4 is 16.0 Å². The lowest BCUT2D eigenvalue weighted by molar-refractivity contribution is -0.119. The minimum atomic E-state index is -0.437. The number of carbonyl (C=O) groups excluding carboxylic acids is 2. The first kappa shape index (κ1) is 12.3. The fourth-order valence-corrected chi connectivity index (χ4v) is 2.20. The van der Waals surface area contributed by atoms with Crippen molar-refractivity contribution in [2.24, 2.45) is 5.92 Å². The van der Waals surface area contributed by atoms with E-state index in [1.165, 1.54) is 7.05 Å². The van der Waals surface area contributed by atoms with Crippen molar-refractivity contribution >= 4 is 23.7 Å². The van der Waals surface area contributed by atoms with Crippen molar-refractivity contribution in [3.63, 3.8) is 0 Å². The molecule has 0 aromatic heterocycles. The van der Waals surface area contributed by atoms with Crippen LogP contribution in [-0.4, -0.2) is 43.6 Å². The van der Waals surface area contributed by atoms with Gasteiger partial charge in [0.1, 0.15) is 0 Å². The fourth-order valence-electron chi connectivity index (χ4n) is 1.13. The van der Waals surface area contributed by atoms with Crippen LogP contribution in [0.3, 0.4) is 0 Å². The lowest BCUT2D eigenvalue weighted by Gasteiger charge is -2.26. The molecule has 1 rings (SSSR count). The molecule has 6 heteroatoms. The zero-order valence-corrected chi connectivity index (χ0v) is 9.65. The summed E-state index contributed by atoms with van der Waals surface area (Å²) < 4.78 is 0. The van der Waals surface area contributed by atoms with Crippen LogP contribution in [0.15, 0.2) is 0 Å². The van der Waals surface area contributed by atoms with Crippen LogP contribution >= 0.6 is 11.8 Å². The van der Waals surface area contributed by atoms with Gasteiger partial charge in [0, 0.05) is 19.2 Å². The SMILES string of the molecule is CNC(=O)NC(=O)CCSCC1CNC1. The molecule has 86 valence electrons. The number of imide groups is 1. The molecule has 0 unspecified atom stereocenters. The summed E-state index contributed by atoms with van der Waals surface area (Å²) in [5, 5.41) is 7.77. The monoisotopic (exact) mass is 231 g/mol. The third-order valence-corrected chi connectivity index (χ3v) is 3.37. The van der Waals surface area contributed by atoms with Crippen molar-refractivity contribution in [1.82, 2.24) is 16.0 Å². The highest BCUT2D eigenvalue weighted by Crippen LogP contribution is 2.12. The molecule has 1 saturated heterocycles.